The van der Waals surface area contributed by atoms with Gasteiger partial charge in [0, 0.05) is 5.33 Å². The van der Waals surface area contributed by atoms with Crippen molar-refractivity contribution in [1.29, 1.82) is 0 Å². The second-order valence-corrected chi connectivity index (χ2v) is 4.16. The number of halogens is 3. The fourth-order valence-corrected chi connectivity index (χ4v) is 1.73. The molecule has 4 heteroatoms. The normalized spacial score (nSPS) is 10.1. The van der Waals surface area contributed by atoms with Crippen LogP contribution in [-0.2, 0) is 5.33 Å². The SMILES string of the molecule is FCCOc1cc(CBr)ccc1I. The number of hydrogen-bond donors (Lipinski definition) is 0. The lowest BCUT2D eigenvalue weighted by Crippen LogP contribution is -2.00. The van der Waals surface area contributed by atoms with Crippen molar-refractivity contribution in [3.63, 3.8) is 0 Å². The van der Waals surface area contributed by atoms with Crippen molar-refractivity contribution in [3.8, 4) is 5.75 Å². The molecule has 0 spiro atoms. The Morgan fingerprint density at radius 2 is 2.23 bits per heavy atom. The third-order valence-corrected chi connectivity index (χ3v) is 3.02. The molecule has 1 nitrogen and oxygen atoms in total. The van der Waals surface area contributed by atoms with Crippen molar-refractivity contribution in [2.45, 2.75) is 5.33 Å². The smallest absolute Gasteiger partial charge is 0.133 e. The predicted octanol–water partition coefficient (Wildman–Crippen LogP) is 3.53. The van der Waals surface area contributed by atoms with Crippen LogP contribution < -0.4 is 4.74 Å². The minimum Gasteiger partial charge on any atom is -0.490 e. The van der Waals surface area contributed by atoms with Crippen LogP contribution in [-0.4, -0.2) is 13.3 Å². The second kappa shape index (κ2) is 5.80. The van der Waals surface area contributed by atoms with E-state index < -0.39 is 6.67 Å². The highest BCUT2D eigenvalue weighted by Gasteiger charge is 2.01. The van der Waals surface area contributed by atoms with Crippen LogP contribution in [0.3, 0.4) is 0 Å². The van der Waals surface area contributed by atoms with Crippen LogP contribution in [0.15, 0.2) is 18.2 Å². The molecule has 0 saturated carbocycles. The maximum Gasteiger partial charge on any atom is 0.133 e. The zero-order valence-electron chi connectivity index (χ0n) is 6.90. The minimum absolute atomic E-state index is 0.127. The molecule has 0 unspecified atom stereocenters. The molecule has 0 bridgehead atoms. The average molecular weight is 359 g/mol. The number of alkyl halides is 2. The van der Waals surface area contributed by atoms with Gasteiger partial charge in [-0.05, 0) is 40.3 Å². The van der Waals surface area contributed by atoms with Gasteiger partial charge in [-0.25, -0.2) is 4.39 Å². The van der Waals surface area contributed by atoms with Gasteiger partial charge in [0.1, 0.15) is 19.0 Å². The molecule has 0 aromatic heterocycles. The number of hydrogen-bond acceptors (Lipinski definition) is 1. The summed E-state index contributed by atoms with van der Waals surface area (Å²) in [6, 6.07) is 5.90. The topological polar surface area (TPSA) is 9.23 Å². The molecule has 0 heterocycles. The van der Waals surface area contributed by atoms with Crippen molar-refractivity contribution in [3.05, 3.63) is 27.3 Å². The maximum absolute atomic E-state index is 11.9. The van der Waals surface area contributed by atoms with Crippen molar-refractivity contribution < 1.29 is 9.13 Å². The second-order valence-electron chi connectivity index (χ2n) is 2.44. The lowest BCUT2D eigenvalue weighted by Gasteiger charge is -2.07. The summed E-state index contributed by atoms with van der Waals surface area (Å²) in [5.74, 6) is 0.759. The first-order valence-corrected chi connectivity index (χ1v) is 6.01. The van der Waals surface area contributed by atoms with Crippen molar-refractivity contribution in [2.24, 2.45) is 0 Å². The predicted molar refractivity (Wildman–Crippen MR) is 63.3 cm³/mol. The van der Waals surface area contributed by atoms with Crippen molar-refractivity contribution in [2.75, 3.05) is 13.3 Å². The summed E-state index contributed by atoms with van der Waals surface area (Å²) in [6.07, 6.45) is 0. The minimum atomic E-state index is -0.450. The molecule has 1 aromatic carbocycles. The Morgan fingerprint density at radius 1 is 1.46 bits per heavy atom. The van der Waals surface area contributed by atoms with Crippen LogP contribution in [0.4, 0.5) is 4.39 Å². The van der Waals surface area contributed by atoms with E-state index in [1.807, 2.05) is 18.2 Å². The highest BCUT2D eigenvalue weighted by molar-refractivity contribution is 14.1. The summed E-state index contributed by atoms with van der Waals surface area (Å²) in [7, 11) is 0. The molecule has 0 radical (unpaired) electrons. The fraction of sp³-hybridized carbons (Fsp3) is 0.333. The van der Waals surface area contributed by atoms with Crippen LogP contribution in [0, 0.1) is 3.57 Å². The molecule has 0 fully saturated rings. The van der Waals surface area contributed by atoms with Gasteiger partial charge < -0.3 is 4.74 Å². The standard InChI is InChI=1S/C9H9BrFIO/c10-6-7-1-2-8(12)9(5-7)13-4-3-11/h1-2,5H,3-4,6H2. The van der Waals surface area contributed by atoms with E-state index in [9.17, 15) is 4.39 Å². The Labute approximate surface area is 98.9 Å². The van der Waals surface area contributed by atoms with E-state index in [-0.39, 0.29) is 6.61 Å². The Hall–Kier alpha value is 0.160. The zero-order valence-corrected chi connectivity index (χ0v) is 10.6. The first-order valence-electron chi connectivity index (χ1n) is 3.81. The van der Waals surface area contributed by atoms with Crippen LogP contribution in [0.5, 0.6) is 5.75 Å². The molecule has 13 heavy (non-hydrogen) atoms. The Bertz CT molecular complexity index is 280. The largest absolute Gasteiger partial charge is 0.490 e. The molecule has 0 aliphatic heterocycles. The highest BCUT2D eigenvalue weighted by atomic mass is 127. The summed E-state index contributed by atoms with van der Waals surface area (Å²) >= 11 is 5.52. The van der Waals surface area contributed by atoms with Gasteiger partial charge in [0.2, 0.25) is 0 Å². The maximum atomic E-state index is 11.9. The van der Waals surface area contributed by atoms with Gasteiger partial charge in [-0.1, -0.05) is 22.0 Å². The highest BCUT2D eigenvalue weighted by Crippen LogP contribution is 2.23. The molecule has 0 amide bonds. The fourth-order valence-electron chi connectivity index (χ4n) is 0.890. The number of benzene rings is 1. The van der Waals surface area contributed by atoms with E-state index in [4.69, 9.17) is 4.74 Å². The molecule has 0 aliphatic carbocycles. The summed E-state index contributed by atoms with van der Waals surface area (Å²) in [4.78, 5) is 0. The Balaban J connectivity index is 2.78. The van der Waals surface area contributed by atoms with Crippen molar-refractivity contribution >= 4 is 38.5 Å². The van der Waals surface area contributed by atoms with Gasteiger partial charge in [0.15, 0.2) is 0 Å². The van der Waals surface area contributed by atoms with Crippen LogP contribution in [0.1, 0.15) is 5.56 Å². The third kappa shape index (κ3) is 3.42. The first kappa shape index (κ1) is 11.2. The van der Waals surface area contributed by atoms with Gasteiger partial charge in [-0.15, -0.1) is 0 Å². The third-order valence-electron chi connectivity index (χ3n) is 1.48. The van der Waals surface area contributed by atoms with E-state index in [1.165, 1.54) is 0 Å². The average Bonchev–Trinajstić information content (AvgIpc) is 2.17. The molecule has 0 aliphatic rings. The quantitative estimate of drug-likeness (QED) is 0.591. The zero-order chi connectivity index (χ0) is 9.68. The molecule has 0 N–H and O–H groups in total. The van der Waals surface area contributed by atoms with Gasteiger partial charge >= 0.3 is 0 Å². The molecule has 1 rings (SSSR count). The molecule has 0 saturated heterocycles. The summed E-state index contributed by atoms with van der Waals surface area (Å²) in [5.41, 5.74) is 1.13. The lowest BCUT2D eigenvalue weighted by molar-refractivity contribution is 0.271. The number of rotatable bonds is 4. The monoisotopic (exact) mass is 358 g/mol. The molecular weight excluding hydrogens is 350 g/mol. The van der Waals surface area contributed by atoms with E-state index in [2.05, 4.69) is 38.5 Å². The molecular formula is C9H9BrFIO. The Morgan fingerprint density at radius 3 is 2.85 bits per heavy atom. The van der Waals surface area contributed by atoms with E-state index >= 15 is 0 Å². The molecule has 1 aromatic rings. The van der Waals surface area contributed by atoms with Gasteiger partial charge in [0.05, 0.1) is 3.57 Å². The lowest BCUT2D eigenvalue weighted by atomic mass is 10.2. The van der Waals surface area contributed by atoms with Crippen LogP contribution in [0.2, 0.25) is 0 Å². The Kier molecular flexibility index (Phi) is 5.01. The van der Waals surface area contributed by atoms with E-state index in [1.54, 1.807) is 0 Å². The first-order chi connectivity index (χ1) is 6.27. The molecule has 0 atom stereocenters. The van der Waals surface area contributed by atoms with Crippen LogP contribution >= 0.6 is 38.5 Å². The van der Waals surface area contributed by atoms with Gasteiger partial charge in [0.25, 0.3) is 0 Å². The van der Waals surface area contributed by atoms with Crippen LogP contribution in [0.25, 0.3) is 0 Å². The number of ether oxygens (including phenoxy) is 1. The van der Waals surface area contributed by atoms with E-state index in [0.717, 1.165) is 20.2 Å². The van der Waals surface area contributed by atoms with Gasteiger partial charge in [-0.3, -0.25) is 0 Å². The van der Waals surface area contributed by atoms with Gasteiger partial charge in [-0.2, -0.15) is 0 Å². The summed E-state index contributed by atoms with van der Waals surface area (Å²) < 4.78 is 18.1. The summed E-state index contributed by atoms with van der Waals surface area (Å²) in [6.45, 7) is -0.323. The van der Waals surface area contributed by atoms with Crippen molar-refractivity contribution in [1.82, 2.24) is 0 Å². The van der Waals surface area contributed by atoms with E-state index in [0.29, 0.717) is 0 Å². The molecule has 72 valence electrons. The summed E-state index contributed by atoms with van der Waals surface area (Å²) in [5, 5.41) is 0.788.